The van der Waals surface area contributed by atoms with Crippen molar-refractivity contribution < 1.29 is 14.7 Å². The molecule has 1 aromatic carbocycles. The van der Waals surface area contributed by atoms with Gasteiger partial charge in [-0.1, -0.05) is 18.5 Å². The van der Waals surface area contributed by atoms with Crippen molar-refractivity contribution in [2.24, 2.45) is 5.41 Å². The first kappa shape index (κ1) is 15.8. The quantitative estimate of drug-likeness (QED) is 0.874. The van der Waals surface area contributed by atoms with Crippen molar-refractivity contribution >= 4 is 29.2 Å². The third kappa shape index (κ3) is 3.36. The Kier molecular flexibility index (Phi) is 4.85. The van der Waals surface area contributed by atoms with Crippen LogP contribution in [0, 0.1) is 5.41 Å². The summed E-state index contributed by atoms with van der Waals surface area (Å²) in [7, 11) is 0. The molecule has 0 aliphatic carbocycles. The zero-order chi connectivity index (χ0) is 15.5. The van der Waals surface area contributed by atoms with Gasteiger partial charge in [-0.05, 0) is 43.7 Å². The molecule has 1 aliphatic rings. The van der Waals surface area contributed by atoms with Crippen molar-refractivity contribution in [2.75, 3.05) is 24.5 Å². The highest BCUT2D eigenvalue weighted by atomic mass is 35.5. The van der Waals surface area contributed by atoms with Gasteiger partial charge in [0.15, 0.2) is 0 Å². The molecular weight excluding hydrogens is 292 g/mol. The maximum absolute atomic E-state index is 12.9. The van der Waals surface area contributed by atoms with E-state index in [1.165, 1.54) is 4.90 Å². The van der Waals surface area contributed by atoms with Crippen LogP contribution in [0.5, 0.6) is 0 Å². The smallest absolute Gasteiger partial charge is 0.323 e. The van der Waals surface area contributed by atoms with Crippen LogP contribution in [0.3, 0.4) is 0 Å². The average molecular weight is 311 g/mol. The Labute approximate surface area is 128 Å². The van der Waals surface area contributed by atoms with Crippen LogP contribution in [-0.4, -0.2) is 36.6 Å². The Hall–Kier alpha value is -1.59. The summed E-state index contributed by atoms with van der Waals surface area (Å²) in [6, 6.07) is 6.67. The molecule has 6 heteroatoms. The zero-order valence-corrected chi connectivity index (χ0v) is 12.7. The normalized spacial score (nSPS) is 21.2. The lowest BCUT2D eigenvalue weighted by Gasteiger charge is -2.32. The highest BCUT2D eigenvalue weighted by Crippen LogP contribution is 2.33. The molecule has 0 saturated carbocycles. The summed E-state index contributed by atoms with van der Waals surface area (Å²) in [6.07, 6.45) is 1.41. The third-order valence-corrected chi connectivity index (χ3v) is 4.30. The van der Waals surface area contributed by atoms with Gasteiger partial charge in [0.1, 0.15) is 6.54 Å². The van der Waals surface area contributed by atoms with Gasteiger partial charge in [0.05, 0.1) is 5.41 Å². The van der Waals surface area contributed by atoms with E-state index in [0.29, 0.717) is 23.7 Å². The van der Waals surface area contributed by atoms with Gasteiger partial charge in [-0.3, -0.25) is 9.59 Å². The second-order valence-electron chi connectivity index (χ2n) is 5.32. The maximum atomic E-state index is 12.9. The van der Waals surface area contributed by atoms with Gasteiger partial charge in [0.25, 0.3) is 0 Å². The van der Waals surface area contributed by atoms with Gasteiger partial charge < -0.3 is 15.3 Å². The number of anilines is 1. The van der Waals surface area contributed by atoms with Crippen LogP contribution < -0.4 is 10.2 Å². The Balaban J connectivity index is 2.33. The van der Waals surface area contributed by atoms with Crippen molar-refractivity contribution in [1.29, 1.82) is 0 Å². The van der Waals surface area contributed by atoms with Crippen molar-refractivity contribution in [3.63, 3.8) is 0 Å². The Morgan fingerprint density at radius 1 is 1.38 bits per heavy atom. The molecule has 1 heterocycles. The van der Waals surface area contributed by atoms with E-state index in [1.54, 1.807) is 24.3 Å². The molecule has 2 rings (SSSR count). The summed E-state index contributed by atoms with van der Waals surface area (Å²) in [6.45, 7) is 2.99. The van der Waals surface area contributed by atoms with Gasteiger partial charge >= 0.3 is 5.97 Å². The molecule has 1 amide bonds. The van der Waals surface area contributed by atoms with Crippen LogP contribution in [0.25, 0.3) is 0 Å². The highest BCUT2D eigenvalue weighted by Gasteiger charge is 2.42. The van der Waals surface area contributed by atoms with E-state index in [9.17, 15) is 9.59 Å². The number of amides is 1. The number of carboxylic acids is 1. The number of hydrogen-bond acceptors (Lipinski definition) is 3. The number of benzene rings is 1. The van der Waals surface area contributed by atoms with E-state index in [-0.39, 0.29) is 12.5 Å². The number of carbonyl (C=O) groups excluding carboxylic acids is 1. The zero-order valence-electron chi connectivity index (χ0n) is 11.9. The number of nitrogens with zero attached hydrogens (tertiary/aromatic N) is 1. The molecule has 0 spiro atoms. The van der Waals surface area contributed by atoms with Gasteiger partial charge in [-0.15, -0.1) is 0 Å². The number of carbonyl (C=O) groups is 2. The van der Waals surface area contributed by atoms with E-state index >= 15 is 0 Å². The molecule has 0 aromatic heterocycles. The molecule has 1 unspecified atom stereocenters. The molecule has 1 atom stereocenters. The van der Waals surface area contributed by atoms with Gasteiger partial charge in [0.2, 0.25) is 5.91 Å². The number of rotatable bonds is 5. The van der Waals surface area contributed by atoms with Crippen LogP contribution >= 0.6 is 11.6 Å². The van der Waals surface area contributed by atoms with E-state index in [1.807, 2.05) is 6.92 Å². The minimum Gasteiger partial charge on any atom is -0.480 e. The van der Waals surface area contributed by atoms with Crippen LogP contribution in [0.15, 0.2) is 24.3 Å². The lowest BCUT2D eigenvalue weighted by molar-refractivity contribution is -0.138. The van der Waals surface area contributed by atoms with Gasteiger partial charge in [0, 0.05) is 17.3 Å². The lowest BCUT2D eigenvalue weighted by Crippen LogP contribution is -2.47. The summed E-state index contributed by atoms with van der Waals surface area (Å²) >= 11 is 5.85. The number of aliphatic carboxylic acids is 1. The van der Waals surface area contributed by atoms with E-state index in [4.69, 9.17) is 16.7 Å². The molecule has 1 aromatic rings. The van der Waals surface area contributed by atoms with Crippen molar-refractivity contribution in [3.05, 3.63) is 29.3 Å². The Bertz CT molecular complexity index is 524. The van der Waals surface area contributed by atoms with Crippen molar-refractivity contribution in [3.8, 4) is 0 Å². The number of halogens is 1. The molecule has 1 aliphatic heterocycles. The SMILES string of the molecule is CCC1(C(=O)N(CC(=O)O)c2ccc(Cl)cc2)CCNC1. The van der Waals surface area contributed by atoms with Gasteiger partial charge in [-0.25, -0.2) is 0 Å². The molecule has 0 bridgehead atoms. The molecule has 114 valence electrons. The summed E-state index contributed by atoms with van der Waals surface area (Å²) < 4.78 is 0. The van der Waals surface area contributed by atoms with E-state index in [0.717, 1.165) is 13.0 Å². The van der Waals surface area contributed by atoms with E-state index < -0.39 is 11.4 Å². The monoisotopic (exact) mass is 310 g/mol. The summed E-state index contributed by atoms with van der Waals surface area (Å²) in [5, 5.41) is 12.9. The molecule has 2 N–H and O–H groups in total. The number of nitrogens with one attached hydrogen (secondary N) is 1. The second kappa shape index (κ2) is 6.45. The first-order valence-electron chi connectivity index (χ1n) is 6.98. The third-order valence-electron chi connectivity index (χ3n) is 4.05. The van der Waals surface area contributed by atoms with Crippen LogP contribution in [0.4, 0.5) is 5.69 Å². The molecule has 21 heavy (non-hydrogen) atoms. The molecule has 1 fully saturated rings. The van der Waals surface area contributed by atoms with Crippen molar-refractivity contribution in [1.82, 2.24) is 5.32 Å². The first-order valence-corrected chi connectivity index (χ1v) is 7.36. The first-order chi connectivity index (χ1) is 9.98. The molecular formula is C15H19ClN2O3. The fraction of sp³-hybridized carbons (Fsp3) is 0.467. The average Bonchev–Trinajstić information content (AvgIpc) is 2.95. The highest BCUT2D eigenvalue weighted by molar-refractivity contribution is 6.30. The molecule has 0 radical (unpaired) electrons. The van der Waals surface area contributed by atoms with Crippen molar-refractivity contribution in [2.45, 2.75) is 19.8 Å². The van der Waals surface area contributed by atoms with Gasteiger partial charge in [-0.2, -0.15) is 0 Å². The van der Waals surface area contributed by atoms with Crippen LogP contribution in [0.1, 0.15) is 19.8 Å². The minimum atomic E-state index is -1.03. The summed E-state index contributed by atoms with van der Waals surface area (Å²) in [5.74, 6) is -1.17. The molecule has 5 nitrogen and oxygen atoms in total. The van der Waals surface area contributed by atoms with Crippen LogP contribution in [0.2, 0.25) is 5.02 Å². The minimum absolute atomic E-state index is 0.139. The predicted molar refractivity (Wildman–Crippen MR) is 81.7 cm³/mol. The fourth-order valence-electron chi connectivity index (χ4n) is 2.70. The Morgan fingerprint density at radius 2 is 2.05 bits per heavy atom. The number of carboxylic acid groups (broad SMARTS) is 1. The number of hydrogen-bond donors (Lipinski definition) is 2. The second-order valence-corrected chi connectivity index (χ2v) is 5.76. The summed E-state index contributed by atoms with van der Waals surface area (Å²) in [5.41, 5.74) is 0.0428. The summed E-state index contributed by atoms with van der Waals surface area (Å²) in [4.78, 5) is 25.4. The maximum Gasteiger partial charge on any atom is 0.323 e. The Morgan fingerprint density at radius 3 is 2.52 bits per heavy atom. The fourth-order valence-corrected chi connectivity index (χ4v) is 2.83. The lowest BCUT2D eigenvalue weighted by atomic mass is 9.82. The standard InChI is InChI=1S/C15H19ClN2O3/c1-2-15(7-8-17-10-15)14(21)18(9-13(19)20)12-5-3-11(16)4-6-12/h3-6,17H,2,7-10H2,1H3,(H,19,20). The topological polar surface area (TPSA) is 69.6 Å². The van der Waals surface area contributed by atoms with E-state index in [2.05, 4.69) is 5.32 Å². The largest absolute Gasteiger partial charge is 0.480 e. The predicted octanol–water partition coefficient (Wildman–Crippen LogP) is 2.15. The van der Waals surface area contributed by atoms with Crippen LogP contribution in [-0.2, 0) is 9.59 Å². The molecule has 1 saturated heterocycles.